The third kappa shape index (κ3) is 1.19. The zero-order valence-electron chi connectivity index (χ0n) is 8.10. The maximum absolute atomic E-state index is 10.8. The van der Waals surface area contributed by atoms with Gasteiger partial charge in [0.1, 0.15) is 0 Å². The number of rotatable bonds is 1. The van der Waals surface area contributed by atoms with Gasteiger partial charge in [-0.15, -0.1) is 0 Å². The second-order valence-corrected chi connectivity index (χ2v) is 4.40. The first-order chi connectivity index (χ1) is 6.16. The van der Waals surface area contributed by atoms with Crippen LogP contribution in [0.5, 0.6) is 0 Å². The van der Waals surface area contributed by atoms with E-state index in [1.54, 1.807) is 6.92 Å². The van der Waals surface area contributed by atoms with E-state index < -0.39 is 5.97 Å². The van der Waals surface area contributed by atoms with Crippen molar-refractivity contribution in [3.63, 3.8) is 0 Å². The Morgan fingerprint density at radius 3 is 2.31 bits per heavy atom. The van der Waals surface area contributed by atoms with Crippen LogP contribution in [0.15, 0.2) is 11.1 Å². The average molecular weight is 180 g/mol. The van der Waals surface area contributed by atoms with E-state index in [2.05, 4.69) is 0 Å². The summed E-state index contributed by atoms with van der Waals surface area (Å²) in [7, 11) is 0. The van der Waals surface area contributed by atoms with Crippen molar-refractivity contribution in [2.45, 2.75) is 45.4 Å². The van der Waals surface area contributed by atoms with Crippen molar-refractivity contribution < 1.29 is 9.90 Å². The van der Waals surface area contributed by atoms with Crippen LogP contribution in [0.4, 0.5) is 0 Å². The Morgan fingerprint density at radius 2 is 1.92 bits per heavy atom. The van der Waals surface area contributed by atoms with Gasteiger partial charge in [-0.25, -0.2) is 4.79 Å². The number of allylic oxidation sites excluding steroid dienone is 1. The van der Waals surface area contributed by atoms with Gasteiger partial charge < -0.3 is 5.11 Å². The molecule has 2 nitrogen and oxygen atoms in total. The molecule has 2 rings (SSSR count). The lowest BCUT2D eigenvalue weighted by atomic mass is 9.62. The fourth-order valence-corrected chi connectivity index (χ4v) is 2.92. The molecule has 1 N–H and O–H groups in total. The summed E-state index contributed by atoms with van der Waals surface area (Å²) >= 11 is 0. The topological polar surface area (TPSA) is 37.3 Å². The lowest BCUT2D eigenvalue weighted by Crippen LogP contribution is -2.31. The van der Waals surface area contributed by atoms with Gasteiger partial charge in [0.2, 0.25) is 0 Å². The van der Waals surface area contributed by atoms with Crippen LogP contribution in [0, 0.1) is 5.41 Å². The SMILES string of the molecule is C/C(C(=O)O)=C1/CCC12CCCC2. The second-order valence-electron chi connectivity index (χ2n) is 4.40. The van der Waals surface area contributed by atoms with Crippen molar-refractivity contribution in [3.05, 3.63) is 11.1 Å². The van der Waals surface area contributed by atoms with Crippen LogP contribution in [0.1, 0.15) is 45.4 Å². The largest absolute Gasteiger partial charge is 0.478 e. The predicted octanol–water partition coefficient (Wildman–Crippen LogP) is 2.74. The van der Waals surface area contributed by atoms with Crippen LogP contribution in [0.2, 0.25) is 0 Å². The van der Waals surface area contributed by atoms with Gasteiger partial charge in [0, 0.05) is 5.57 Å². The van der Waals surface area contributed by atoms with Crippen LogP contribution in [-0.4, -0.2) is 11.1 Å². The summed E-state index contributed by atoms with van der Waals surface area (Å²) in [5, 5.41) is 8.90. The molecule has 0 heterocycles. The Bertz CT molecular complexity index is 270. The van der Waals surface area contributed by atoms with Gasteiger partial charge in [0.25, 0.3) is 0 Å². The van der Waals surface area contributed by atoms with Gasteiger partial charge in [0.05, 0.1) is 0 Å². The standard InChI is InChI=1S/C11H16O2/c1-8(10(12)13)9-4-7-11(9)5-2-3-6-11/h2-7H2,1H3,(H,12,13)/b9-8+. The van der Waals surface area contributed by atoms with Crippen molar-refractivity contribution in [1.29, 1.82) is 0 Å². The molecule has 13 heavy (non-hydrogen) atoms. The minimum Gasteiger partial charge on any atom is -0.478 e. The summed E-state index contributed by atoms with van der Waals surface area (Å²) in [4.78, 5) is 10.8. The molecule has 0 bridgehead atoms. The highest BCUT2D eigenvalue weighted by Crippen LogP contribution is 2.57. The summed E-state index contributed by atoms with van der Waals surface area (Å²) < 4.78 is 0. The van der Waals surface area contributed by atoms with E-state index in [0.29, 0.717) is 11.0 Å². The average Bonchev–Trinajstić information content (AvgIpc) is 2.52. The highest BCUT2D eigenvalue weighted by molar-refractivity contribution is 5.87. The summed E-state index contributed by atoms with van der Waals surface area (Å²) in [6.07, 6.45) is 7.29. The Labute approximate surface area is 78.6 Å². The summed E-state index contributed by atoms with van der Waals surface area (Å²) in [6, 6.07) is 0. The number of carboxylic acid groups (broad SMARTS) is 1. The monoisotopic (exact) mass is 180 g/mol. The minimum atomic E-state index is -0.721. The van der Waals surface area contributed by atoms with Crippen molar-refractivity contribution >= 4 is 5.97 Å². The van der Waals surface area contributed by atoms with Gasteiger partial charge in [0.15, 0.2) is 0 Å². The van der Waals surface area contributed by atoms with Crippen LogP contribution in [-0.2, 0) is 4.79 Å². The maximum Gasteiger partial charge on any atom is 0.331 e. The van der Waals surface area contributed by atoms with Gasteiger partial charge in [-0.05, 0) is 38.0 Å². The zero-order valence-corrected chi connectivity index (χ0v) is 8.10. The number of aliphatic carboxylic acids is 1. The van der Waals surface area contributed by atoms with Crippen LogP contribution in [0.3, 0.4) is 0 Å². The van der Waals surface area contributed by atoms with Crippen LogP contribution in [0.25, 0.3) is 0 Å². The highest BCUT2D eigenvalue weighted by atomic mass is 16.4. The molecule has 2 fully saturated rings. The fraction of sp³-hybridized carbons (Fsp3) is 0.727. The van der Waals surface area contributed by atoms with Crippen molar-refractivity contribution in [2.24, 2.45) is 5.41 Å². The molecule has 2 aliphatic carbocycles. The lowest BCUT2D eigenvalue weighted by molar-refractivity contribution is -0.132. The molecule has 0 atom stereocenters. The zero-order chi connectivity index (χ0) is 9.47. The molecule has 2 heteroatoms. The first-order valence-corrected chi connectivity index (χ1v) is 5.09. The van der Waals surface area contributed by atoms with Crippen molar-refractivity contribution in [1.82, 2.24) is 0 Å². The Hall–Kier alpha value is -0.790. The highest BCUT2D eigenvalue weighted by Gasteiger charge is 2.45. The van der Waals surface area contributed by atoms with E-state index in [9.17, 15) is 4.79 Å². The molecule has 2 aliphatic rings. The molecule has 72 valence electrons. The molecule has 0 aromatic carbocycles. The number of carbonyl (C=O) groups is 1. The number of hydrogen-bond acceptors (Lipinski definition) is 1. The third-order valence-corrected chi connectivity index (χ3v) is 3.83. The summed E-state index contributed by atoms with van der Waals surface area (Å²) in [5.41, 5.74) is 2.20. The molecular weight excluding hydrogens is 164 g/mol. The molecule has 2 saturated carbocycles. The fourth-order valence-electron chi connectivity index (χ4n) is 2.92. The smallest absolute Gasteiger partial charge is 0.331 e. The van der Waals surface area contributed by atoms with Gasteiger partial charge in [-0.1, -0.05) is 18.4 Å². The van der Waals surface area contributed by atoms with Gasteiger partial charge in [-0.3, -0.25) is 0 Å². The normalized spacial score (nSPS) is 28.7. The lowest BCUT2D eigenvalue weighted by Gasteiger charge is -2.42. The summed E-state index contributed by atoms with van der Waals surface area (Å²) in [6.45, 7) is 1.76. The number of carboxylic acids is 1. The van der Waals surface area contributed by atoms with E-state index in [1.807, 2.05) is 0 Å². The molecular formula is C11H16O2. The Kier molecular flexibility index (Phi) is 1.94. The first kappa shape index (κ1) is 8.79. The maximum atomic E-state index is 10.8. The van der Waals surface area contributed by atoms with E-state index in [4.69, 9.17) is 5.11 Å². The van der Waals surface area contributed by atoms with E-state index in [-0.39, 0.29) is 0 Å². The first-order valence-electron chi connectivity index (χ1n) is 5.09. The predicted molar refractivity (Wildman–Crippen MR) is 50.5 cm³/mol. The van der Waals surface area contributed by atoms with Gasteiger partial charge in [-0.2, -0.15) is 0 Å². The van der Waals surface area contributed by atoms with E-state index >= 15 is 0 Å². The molecule has 0 unspecified atom stereocenters. The minimum absolute atomic E-state index is 0.336. The molecule has 1 spiro atoms. The number of hydrogen-bond donors (Lipinski definition) is 1. The molecule has 0 amide bonds. The van der Waals surface area contributed by atoms with Crippen molar-refractivity contribution in [3.8, 4) is 0 Å². The third-order valence-electron chi connectivity index (χ3n) is 3.83. The summed E-state index contributed by atoms with van der Waals surface area (Å²) in [5.74, 6) is -0.721. The Balaban J connectivity index is 2.26. The quantitative estimate of drug-likeness (QED) is 0.630. The van der Waals surface area contributed by atoms with Crippen LogP contribution >= 0.6 is 0 Å². The van der Waals surface area contributed by atoms with E-state index in [0.717, 1.165) is 6.42 Å². The molecule has 0 aliphatic heterocycles. The molecule has 0 aromatic heterocycles. The Morgan fingerprint density at radius 1 is 1.31 bits per heavy atom. The molecule has 0 saturated heterocycles. The van der Waals surface area contributed by atoms with Crippen molar-refractivity contribution in [2.75, 3.05) is 0 Å². The molecule has 0 radical (unpaired) electrons. The van der Waals surface area contributed by atoms with Crippen LogP contribution < -0.4 is 0 Å². The van der Waals surface area contributed by atoms with Gasteiger partial charge >= 0.3 is 5.97 Å². The molecule has 0 aromatic rings. The van der Waals surface area contributed by atoms with E-state index in [1.165, 1.54) is 37.7 Å². The second kappa shape index (κ2) is 2.86.